The number of carbonyl (C=O) groups is 2. The summed E-state index contributed by atoms with van der Waals surface area (Å²) < 4.78 is 0. The number of amides is 2. The van der Waals surface area contributed by atoms with Crippen molar-refractivity contribution in [3.8, 4) is 0 Å². The van der Waals surface area contributed by atoms with Crippen molar-refractivity contribution in [3.05, 3.63) is 23.9 Å². The van der Waals surface area contributed by atoms with Crippen LogP contribution < -0.4 is 5.32 Å². The number of nitrogens with zero attached hydrogens (tertiary/aromatic N) is 2. The number of carbonyl (C=O) groups excluding carboxylic acids is 2. The molecule has 2 aliphatic rings. The van der Waals surface area contributed by atoms with E-state index in [-0.39, 0.29) is 23.1 Å². The van der Waals surface area contributed by atoms with E-state index in [9.17, 15) is 9.59 Å². The first-order valence-corrected chi connectivity index (χ1v) is 10.6. The molecule has 0 bridgehead atoms. The molecule has 1 aromatic rings. The van der Waals surface area contributed by atoms with Crippen LogP contribution in [0, 0.1) is 5.92 Å². The fourth-order valence-corrected chi connectivity index (χ4v) is 4.73. The summed E-state index contributed by atoms with van der Waals surface area (Å²) in [6.45, 7) is 5.87. The minimum absolute atomic E-state index is 0.0685. The Morgan fingerprint density at radius 2 is 1.92 bits per heavy atom. The van der Waals surface area contributed by atoms with Crippen molar-refractivity contribution < 1.29 is 9.59 Å². The van der Waals surface area contributed by atoms with Crippen molar-refractivity contribution in [2.45, 2.75) is 68.7 Å². The third kappa shape index (κ3) is 4.78. The second kappa shape index (κ2) is 8.89. The number of hydrogen-bond donors (Lipinski definition) is 1. The zero-order valence-electron chi connectivity index (χ0n) is 15.7. The van der Waals surface area contributed by atoms with E-state index in [4.69, 9.17) is 0 Å². The summed E-state index contributed by atoms with van der Waals surface area (Å²) in [7, 11) is 0. The monoisotopic (exact) mass is 375 g/mol. The van der Waals surface area contributed by atoms with Crippen LogP contribution in [0.5, 0.6) is 0 Å². The first-order valence-electron chi connectivity index (χ1n) is 9.76. The lowest BCUT2D eigenvalue weighted by atomic mass is 9.87. The lowest BCUT2D eigenvalue weighted by molar-refractivity contribution is -0.129. The number of aromatic nitrogens is 1. The third-order valence-electron chi connectivity index (χ3n) is 5.42. The van der Waals surface area contributed by atoms with Gasteiger partial charge >= 0.3 is 0 Å². The van der Waals surface area contributed by atoms with Crippen LogP contribution in [0.3, 0.4) is 0 Å². The van der Waals surface area contributed by atoms with Crippen molar-refractivity contribution in [1.82, 2.24) is 15.2 Å². The van der Waals surface area contributed by atoms with Crippen LogP contribution in [-0.2, 0) is 4.79 Å². The van der Waals surface area contributed by atoms with Crippen molar-refractivity contribution in [2.24, 2.45) is 5.92 Å². The predicted molar refractivity (Wildman–Crippen MR) is 104 cm³/mol. The van der Waals surface area contributed by atoms with Gasteiger partial charge in [-0.1, -0.05) is 18.7 Å². The molecule has 2 fully saturated rings. The Hall–Kier alpha value is -1.56. The molecule has 1 unspecified atom stereocenters. The lowest BCUT2D eigenvalue weighted by Crippen LogP contribution is -2.38. The van der Waals surface area contributed by atoms with Crippen molar-refractivity contribution in [1.29, 1.82) is 0 Å². The smallest absolute Gasteiger partial charge is 0.254 e. The molecular formula is C20H29N3O2S. The van der Waals surface area contributed by atoms with Gasteiger partial charge in [-0.05, 0) is 63.5 Å². The Labute approximate surface area is 160 Å². The number of thioether (sulfide) groups is 1. The topological polar surface area (TPSA) is 62.3 Å². The minimum Gasteiger partial charge on any atom is -0.349 e. The summed E-state index contributed by atoms with van der Waals surface area (Å²) in [5, 5.41) is 3.58. The molecular weight excluding hydrogens is 346 g/mol. The normalized spacial score (nSPS) is 24.3. The highest BCUT2D eigenvalue weighted by atomic mass is 32.2. The van der Waals surface area contributed by atoms with Gasteiger partial charge in [-0.2, -0.15) is 0 Å². The van der Waals surface area contributed by atoms with E-state index in [1.54, 1.807) is 12.3 Å². The van der Waals surface area contributed by atoms with Gasteiger partial charge in [0, 0.05) is 25.3 Å². The van der Waals surface area contributed by atoms with Crippen molar-refractivity contribution in [2.75, 3.05) is 13.1 Å². The van der Waals surface area contributed by atoms with Gasteiger partial charge in [0.15, 0.2) is 0 Å². The Morgan fingerprint density at radius 3 is 2.62 bits per heavy atom. The molecule has 1 atom stereocenters. The Bertz CT molecular complexity index is 638. The zero-order valence-corrected chi connectivity index (χ0v) is 16.6. The average Bonchev–Trinajstić information content (AvgIpc) is 3.18. The van der Waals surface area contributed by atoms with Gasteiger partial charge in [-0.15, -0.1) is 0 Å². The second-order valence-corrected chi connectivity index (χ2v) is 8.91. The summed E-state index contributed by atoms with van der Waals surface area (Å²) >= 11 is 1.39. The standard InChI is InChI=1S/C20H29N3O2S/c1-14-7-9-16(10-8-14)22-18(24)17-6-5-11-21-19(17)26-15(2)20(25)23-12-3-4-13-23/h5-6,11,14-16H,3-4,7-10,12-13H2,1-2H3,(H,22,24). The summed E-state index contributed by atoms with van der Waals surface area (Å²) in [6, 6.07) is 3.85. The van der Waals surface area contributed by atoms with E-state index in [1.807, 2.05) is 17.9 Å². The van der Waals surface area contributed by atoms with Crippen LogP contribution >= 0.6 is 11.8 Å². The van der Waals surface area contributed by atoms with Gasteiger partial charge in [-0.25, -0.2) is 4.98 Å². The van der Waals surface area contributed by atoms with Gasteiger partial charge in [0.1, 0.15) is 5.03 Å². The molecule has 2 amide bonds. The second-order valence-electron chi connectivity index (χ2n) is 7.58. The van der Waals surface area contributed by atoms with E-state index >= 15 is 0 Å². The maximum Gasteiger partial charge on any atom is 0.254 e. The van der Waals surface area contributed by atoms with Gasteiger partial charge < -0.3 is 10.2 Å². The molecule has 6 heteroatoms. The number of likely N-dealkylation sites (tertiary alicyclic amines) is 1. The predicted octanol–water partition coefficient (Wildman–Crippen LogP) is 3.49. The lowest BCUT2D eigenvalue weighted by Gasteiger charge is -2.27. The first kappa shape index (κ1) is 19.2. The summed E-state index contributed by atoms with van der Waals surface area (Å²) in [5.74, 6) is 0.830. The van der Waals surface area contributed by atoms with Crippen LogP contribution in [0.4, 0.5) is 0 Å². The number of nitrogens with one attached hydrogen (secondary N) is 1. The Morgan fingerprint density at radius 1 is 1.23 bits per heavy atom. The maximum atomic E-state index is 12.8. The zero-order chi connectivity index (χ0) is 18.5. The van der Waals surface area contributed by atoms with Crippen LogP contribution in [0.2, 0.25) is 0 Å². The third-order valence-corrected chi connectivity index (χ3v) is 6.52. The van der Waals surface area contributed by atoms with E-state index < -0.39 is 0 Å². The van der Waals surface area contributed by atoms with E-state index in [2.05, 4.69) is 17.2 Å². The molecule has 142 valence electrons. The van der Waals surface area contributed by atoms with Crippen molar-refractivity contribution in [3.63, 3.8) is 0 Å². The molecule has 3 rings (SSSR count). The molecule has 1 aliphatic heterocycles. The molecule has 1 aromatic heterocycles. The van der Waals surface area contributed by atoms with E-state index in [0.29, 0.717) is 10.6 Å². The average molecular weight is 376 g/mol. The highest BCUT2D eigenvalue weighted by molar-refractivity contribution is 8.00. The molecule has 0 spiro atoms. The van der Waals surface area contributed by atoms with Crippen LogP contribution in [0.25, 0.3) is 0 Å². The number of rotatable bonds is 5. The SMILES string of the molecule is CC1CCC(NC(=O)c2cccnc2SC(C)C(=O)N2CCCC2)CC1. The maximum absolute atomic E-state index is 12.8. The number of pyridine rings is 1. The first-order chi connectivity index (χ1) is 12.5. The van der Waals surface area contributed by atoms with Crippen LogP contribution in [0.15, 0.2) is 23.4 Å². The molecule has 1 saturated heterocycles. The van der Waals surface area contributed by atoms with E-state index in [1.165, 1.54) is 24.6 Å². The fraction of sp³-hybridized carbons (Fsp3) is 0.650. The van der Waals surface area contributed by atoms with Gasteiger partial charge in [0.05, 0.1) is 10.8 Å². The minimum atomic E-state index is -0.231. The van der Waals surface area contributed by atoms with Crippen molar-refractivity contribution >= 4 is 23.6 Å². The van der Waals surface area contributed by atoms with Gasteiger partial charge in [-0.3, -0.25) is 9.59 Å². The van der Waals surface area contributed by atoms with Gasteiger partial charge in [0.2, 0.25) is 5.91 Å². The number of hydrogen-bond acceptors (Lipinski definition) is 4. The van der Waals surface area contributed by atoms with Gasteiger partial charge in [0.25, 0.3) is 5.91 Å². The Balaban J connectivity index is 1.63. The molecule has 2 heterocycles. The quantitative estimate of drug-likeness (QED) is 0.800. The largest absolute Gasteiger partial charge is 0.349 e. The van der Waals surface area contributed by atoms with E-state index in [0.717, 1.165) is 44.7 Å². The van der Waals surface area contributed by atoms with Crippen LogP contribution in [0.1, 0.15) is 62.7 Å². The Kier molecular flexibility index (Phi) is 6.57. The molecule has 1 N–H and O–H groups in total. The molecule has 26 heavy (non-hydrogen) atoms. The molecule has 1 saturated carbocycles. The highest BCUT2D eigenvalue weighted by Crippen LogP contribution is 2.28. The molecule has 5 nitrogen and oxygen atoms in total. The molecule has 0 radical (unpaired) electrons. The molecule has 1 aliphatic carbocycles. The fourth-order valence-electron chi connectivity index (χ4n) is 3.74. The summed E-state index contributed by atoms with van der Waals surface area (Å²) in [6.07, 6.45) is 8.27. The molecule has 0 aromatic carbocycles. The summed E-state index contributed by atoms with van der Waals surface area (Å²) in [5.41, 5.74) is 0.581. The highest BCUT2D eigenvalue weighted by Gasteiger charge is 2.27. The summed E-state index contributed by atoms with van der Waals surface area (Å²) in [4.78, 5) is 31.6. The van der Waals surface area contributed by atoms with Crippen LogP contribution in [-0.4, -0.2) is 46.1 Å².